The van der Waals surface area contributed by atoms with Crippen molar-refractivity contribution in [1.29, 1.82) is 0 Å². The highest BCUT2D eigenvalue weighted by molar-refractivity contribution is 5.28. The summed E-state index contributed by atoms with van der Waals surface area (Å²) in [6.07, 6.45) is 1.27. The summed E-state index contributed by atoms with van der Waals surface area (Å²) in [6.45, 7) is 3.11. The molecule has 1 N–H and O–H groups in total. The summed E-state index contributed by atoms with van der Waals surface area (Å²) in [5, 5.41) is 3.64. The van der Waals surface area contributed by atoms with Gasteiger partial charge in [-0.2, -0.15) is 0 Å². The van der Waals surface area contributed by atoms with Crippen molar-refractivity contribution in [3.63, 3.8) is 0 Å². The first kappa shape index (κ1) is 11.5. The van der Waals surface area contributed by atoms with Crippen molar-refractivity contribution >= 4 is 0 Å². The van der Waals surface area contributed by atoms with Crippen LogP contribution in [0.4, 0.5) is 0 Å². The molecule has 92 valence electrons. The zero-order valence-electron chi connectivity index (χ0n) is 10.8. The molecule has 0 saturated heterocycles. The molecule has 2 atom stereocenters. The predicted molar refractivity (Wildman–Crippen MR) is 75.6 cm³/mol. The van der Waals surface area contributed by atoms with E-state index < -0.39 is 0 Å². The molecule has 0 amide bonds. The minimum atomic E-state index is 0.661. The van der Waals surface area contributed by atoms with E-state index in [9.17, 15) is 0 Å². The molecule has 18 heavy (non-hydrogen) atoms. The van der Waals surface area contributed by atoms with E-state index >= 15 is 0 Å². The molecule has 0 heterocycles. The number of hydrogen-bond donors (Lipinski definition) is 1. The lowest BCUT2D eigenvalue weighted by molar-refractivity contribution is 0.672. The Morgan fingerprint density at radius 3 is 2.44 bits per heavy atom. The lowest BCUT2D eigenvalue weighted by Crippen LogP contribution is -2.17. The first-order valence-corrected chi connectivity index (χ1v) is 6.67. The van der Waals surface area contributed by atoms with Crippen LogP contribution in [0.3, 0.4) is 0 Å². The molecule has 2 unspecified atom stereocenters. The zero-order chi connectivity index (χ0) is 12.4. The normalized spacial score (nSPS) is 21.8. The summed E-state index contributed by atoms with van der Waals surface area (Å²) >= 11 is 0. The molecule has 1 nitrogen and oxygen atoms in total. The number of hydrogen-bond acceptors (Lipinski definition) is 1. The molecule has 3 rings (SSSR count). The molecule has 0 spiro atoms. The standard InChI is InChI=1S/C17H19N/c1-13-7-9-14(10-8-13)12-18-17-11-16(17)15-5-3-2-4-6-15/h2-10,16-18H,11-12H2,1H3. The second kappa shape index (κ2) is 4.95. The molecule has 1 aliphatic rings. The van der Waals surface area contributed by atoms with E-state index in [1.165, 1.54) is 23.1 Å². The molecule has 1 heteroatoms. The average molecular weight is 237 g/mol. The molecular weight excluding hydrogens is 218 g/mol. The topological polar surface area (TPSA) is 12.0 Å². The number of nitrogens with one attached hydrogen (secondary N) is 1. The molecule has 1 saturated carbocycles. The fourth-order valence-corrected chi connectivity index (χ4v) is 2.44. The van der Waals surface area contributed by atoms with Crippen LogP contribution in [0.2, 0.25) is 0 Å². The van der Waals surface area contributed by atoms with E-state index in [-0.39, 0.29) is 0 Å². The van der Waals surface area contributed by atoms with Crippen molar-refractivity contribution in [3.8, 4) is 0 Å². The Hall–Kier alpha value is -1.60. The Morgan fingerprint density at radius 1 is 1.00 bits per heavy atom. The van der Waals surface area contributed by atoms with E-state index in [0.717, 1.165) is 12.5 Å². The van der Waals surface area contributed by atoms with Crippen LogP contribution in [0.5, 0.6) is 0 Å². The molecule has 2 aromatic rings. The fraction of sp³-hybridized carbons (Fsp3) is 0.294. The molecule has 0 aliphatic heterocycles. The van der Waals surface area contributed by atoms with E-state index in [2.05, 4.69) is 66.8 Å². The molecule has 0 radical (unpaired) electrons. The Kier molecular flexibility index (Phi) is 3.16. The Morgan fingerprint density at radius 2 is 1.72 bits per heavy atom. The molecule has 2 aromatic carbocycles. The van der Waals surface area contributed by atoms with Gasteiger partial charge < -0.3 is 5.32 Å². The molecular formula is C17H19N. The quantitative estimate of drug-likeness (QED) is 0.856. The largest absolute Gasteiger partial charge is 0.309 e. The van der Waals surface area contributed by atoms with Crippen LogP contribution in [0.15, 0.2) is 54.6 Å². The number of benzene rings is 2. The lowest BCUT2D eigenvalue weighted by atomic mass is 10.1. The van der Waals surface area contributed by atoms with E-state index in [4.69, 9.17) is 0 Å². The number of aryl methyl sites for hydroxylation is 1. The highest BCUT2D eigenvalue weighted by atomic mass is 15.0. The lowest BCUT2D eigenvalue weighted by Gasteiger charge is -2.05. The van der Waals surface area contributed by atoms with Crippen molar-refractivity contribution in [2.24, 2.45) is 0 Å². The fourth-order valence-electron chi connectivity index (χ4n) is 2.44. The highest BCUT2D eigenvalue weighted by Gasteiger charge is 2.37. The maximum atomic E-state index is 3.64. The summed E-state index contributed by atoms with van der Waals surface area (Å²) in [5.74, 6) is 0.719. The van der Waals surface area contributed by atoms with Gasteiger partial charge in [0.05, 0.1) is 0 Å². The van der Waals surface area contributed by atoms with Gasteiger partial charge in [0.2, 0.25) is 0 Å². The Bertz CT molecular complexity index is 501. The van der Waals surface area contributed by atoms with Crippen LogP contribution in [-0.4, -0.2) is 6.04 Å². The minimum absolute atomic E-state index is 0.661. The zero-order valence-corrected chi connectivity index (χ0v) is 10.8. The summed E-state index contributed by atoms with van der Waals surface area (Å²) in [4.78, 5) is 0. The third kappa shape index (κ3) is 2.62. The second-order valence-corrected chi connectivity index (χ2v) is 5.23. The predicted octanol–water partition coefficient (Wildman–Crippen LogP) is 3.64. The van der Waals surface area contributed by atoms with Gasteiger partial charge in [-0.15, -0.1) is 0 Å². The second-order valence-electron chi connectivity index (χ2n) is 5.23. The van der Waals surface area contributed by atoms with Crippen molar-refractivity contribution < 1.29 is 0 Å². The van der Waals surface area contributed by atoms with Crippen LogP contribution in [0.1, 0.15) is 29.0 Å². The van der Waals surface area contributed by atoms with Crippen LogP contribution in [0, 0.1) is 6.92 Å². The van der Waals surface area contributed by atoms with Gasteiger partial charge in [-0.25, -0.2) is 0 Å². The molecule has 0 bridgehead atoms. The van der Waals surface area contributed by atoms with Crippen molar-refractivity contribution in [2.75, 3.05) is 0 Å². The van der Waals surface area contributed by atoms with E-state index in [1.54, 1.807) is 0 Å². The minimum Gasteiger partial charge on any atom is -0.309 e. The molecule has 0 aromatic heterocycles. The highest BCUT2D eigenvalue weighted by Crippen LogP contribution is 2.40. The third-order valence-corrected chi connectivity index (χ3v) is 3.71. The van der Waals surface area contributed by atoms with Crippen molar-refractivity contribution in [1.82, 2.24) is 5.32 Å². The van der Waals surface area contributed by atoms with E-state index in [1.807, 2.05) is 0 Å². The van der Waals surface area contributed by atoms with Gasteiger partial charge in [0.15, 0.2) is 0 Å². The maximum absolute atomic E-state index is 3.64. The van der Waals surface area contributed by atoms with Crippen LogP contribution < -0.4 is 5.32 Å². The summed E-state index contributed by atoms with van der Waals surface area (Å²) in [5.41, 5.74) is 4.17. The van der Waals surface area contributed by atoms with Gasteiger partial charge in [0.25, 0.3) is 0 Å². The smallest absolute Gasteiger partial charge is 0.0208 e. The van der Waals surface area contributed by atoms with Gasteiger partial charge in [0.1, 0.15) is 0 Å². The molecule has 1 aliphatic carbocycles. The van der Waals surface area contributed by atoms with Crippen molar-refractivity contribution in [3.05, 3.63) is 71.3 Å². The first-order valence-electron chi connectivity index (χ1n) is 6.67. The summed E-state index contributed by atoms with van der Waals surface area (Å²) in [7, 11) is 0. The Balaban J connectivity index is 1.53. The Labute approximate surface area is 109 Å². The van der Waals surface area contributed by atoms with Gasteiger partial charge in [0, 0.05) is 18.5 Å². The van der Waals surface area contributed by atoms with Gasteiger partial charge >= 0.3 is 0 Å². The van der Waals surface area contributed by atoms with Crippen LogP contribution in [0.25, 0.3) is 0 Å². The summed E-state index contributed by atoms with van der Waals surface area (Å²) < 4.78 is 0. The van der Waals surface area contributed by atoms with Gasteiger partial charge in [-0.1, -0.05) is 60.2 Å². The number of rotatable bonds is 4. The van der Waals surface area contributed by atoms with Gasteiger partial charge in [-0.3, -0.25) is 0 Å². The molecule has 1 fully saturated rings. The first-order chi connectivity index (χ1) is 8.83. The van der Waals surface area contributed by atoms with Crippen LogP contribution >= 0.6 is 0 Å². The SMILES string of the molecule is Cc1ccc(CNC2CC2c2ccccc2)cc1. The third-order valence-electron chi connectivity index (χ3n) is 3.71. The van der Waals surface area contributed by atoms with Gasteiger partial charge in [-0.05, 0) is 24.5 Å². The van der Waals surface area contributed by atoms with Crippen molar-refractivity contribution in [2.45, 2.75) is 31.8 Å². The monoisotopic (exact) mass is 237 g/mol. The average Bonchev–Trinajstić information content (AvgIpc) is 3.19. The summed E-state index contributed by atoms with van der Waals surface area (Å²) in [6, 6.07) is 20.3. The van der Waals surface area contributed by atoms with E-state index in [0.29, 0.717) is 6.04 Å². The maximum Gasteiger partial charge on any atom is 0.0208 e. The van der Waals surface area contributed by atoms with Crippen LogP contribution in [-0.2, 0) is 6.54 Å².